The monoisotopic (exact) mass is 1080 g/mol. The molecule has 0 aliphatic carbocycles. The summed E-state index contributed by atoms with van der Waals surface area (Å²) in [6, 6.07) is 34.2. The molecule has 48 heavy (non-hydrogen) atoms. The van der Waals surface area contributed by atoms with Gasteiger partial charge >= 0.3 is 0 Å². The zero-order valence-electron chi connectivity index (χ0n) is 27.8. The smallest absolute Gasteiger partial charge is 0.255 e. The van der Waals surface area contributed by atoms with Crippen molar-refractivity contribution in [2.45, 2.75) is 63.1 Å². The number of aliphatic hydroxyl groups excluding tert-OH is 2. The minimum atomic E-state index is -0.954. The molecule has 2 aliphatic rings. The van der Waals surface area contributed by atoms with Crippen molar-refractivity contribution in [2.75, 3.05) is 14.2 Å². The van der Waals surface area contributed by atoms with Gasteiger partial charge in [0.15, 0.2) is 12.2 Å². The Kier molecular flexibility index (Phi) is 16.1. The third-order valence-electron chi connectivity index (χ3n) is 8.94. The van der Waals surface area contributed by atoms with E-state index in [1.54, 1.807) is 24.0 Å². The quantitative estimate of drug-likeness (QED) is 0.184. The Bertz CT molecular complexity index is 1470. The zero-order valence-corrected chi connectivity index (χ0v) is 37.3. The predicted molar refractivity (Wildman–Crippen MR) is 176 cm³/mol. The fraction of sp³-hybridized carbons (Fsp3) is 0.316. The van der Waals surface area contributed by atoms with Crippen molar-refractivity contribution in [3.8, 4) is 11.5 Å². The Hall–Kier alpha value is -1.78. The van der Waals surface area contributed by atoms with E-state index in [0.717, 1.165) is 46.6 Å². The van der Waals surface area contributed by atoms with Crippen LogP contribution in [0.5, 0.6) is 11.5 Å². The minimum absolute atomic E-state index is 0. The average Bonchev–Trinajstić information content (AvgIpc) is 3.12. The van der Waals surface area contributed by atoms with Gasteiger partial charge in [-0.1, -0.05) is 98.8 Å². The van der Waals surface area contributed by atoms with Crippen molar-refractivity contribution in [3.63, 3.8) is 0 Å². The second-order valence-corrected chi connectivity index (χ2v) is 11.5. The average molecular weight is 1080 g/mol. The van der Waals surface area contributed by atoms with E-state index in [9.17, 15) is 19.8 Å². The van der Waals surface area contributed by atoms with Gasteiger partial charge in [-0.25, -0.2) is 0 Å². The van der Waals surface area contributed by atoms with Crippen LogP contribution in [0.2, 0.25) is 0 Å². The van der Waals surface area contributed by atoms with Crippen molar-refractivity contribution >= 4 is 11.8 Å². The molecule has 2 saturated heterocycles. The molecule has 6 rings (SSSR count). The maximum atomic E-state index is 12.3. The Morgan fingerprint density at radius 3 is 1.15 bits per heavy atom. The van der Waals surface area contributed by atoms with Gasteiger partial charge in [-0.2, -0.15) is 0 Å². The first kappa shape index (κ1) is 40.7. The van der Waals surface area contributed by atoms with E-state index in [0.29, 0.717) is 0 Å². The molecular formula is C38H42Ac2N2O6. The van der Waals surface area contributed by atoms with Gasteiger partial charge in [0, 0.05) is 88.1 Å². The number of carbonyl (C=O) groups is 2. The number of nitrogens with zero attached hydrogens (tertiary/aromatic N) is 2. The zero-order chi connectivity index (χ0) is 32.8. The first-order valence-electron chi connectivity index (χ1n) is 15.7. The third-order valence-corrected chi connectivity index (χ3v) is 8.94. The van der Waals surface area contributed by atoms with Gasteiger partial charge in [-0.05, 0) is 59.4 Å². The van der Waals surface area contributed by atoms with Crippen LogP contribution in [0.25, 0.3) is 0 Å². The Morgan fingerprint density at radius 2 is 0.875 bits per heavy atom. The third kappa shape index (κ3) is 8.56. The number of ether oxygens (including phenoxy) is 2. The number of hydrogen-bond donors (Lipinski definition) is 2. The number of aliphatic hydroxyl groups is 2. The van der Waals surface area contributed by atoms with Crippen LogP contribution in [-0.4, -0.2) is 58.3 Å². The molecule has 0 aromatic heterocycles. The van der Waals surface area contributed by atoms with Crippen LogP contribution in [0.1, 0.15) is 73.1 Å². The van der Waals surface area contributed by atoms with E-state index in [-0.39, 0.29) is 124 Å². The van der Waals surface area contributed by atoms with E-state index < -0.39 is 12.2 Å². The first-order valence-corrected chi connectivity index (χ1v) is 15.7. The fourth-order valence-corrected chi connectivity index (χ4v) is 6.51. The van der Waals surface area contributed by atoms with Crippen molar-refractivity contribution in [2.24, 2.45) is 0 Å². The molecule has 6 unspecified atom stereocenters. The molecule has 8 nitrogen and oxygen atoms in total. The van der Waals surface area contributed by atoms with E-state index in [1.165, 1.54) is 0 Å². The van der Waals surface area contributed by atoms with E-state index in [1.807, 2.05) is 109 Å². The molecule has 2 amide bonds. The summed E-state index contributed by atoms with van der Waals surface area (Å²) in [7, 11) is 3.26. The molecule has 2 aliphatic heterocycles. The van der Waals surface area contributed by atoms with Gasteiger partial charge in [-0.3, -0.25) is 9.59 Å². The summed E-state index contributed by atoms with van der Waals surface area (Å²) in [6.45, 7) is 4.10. The molecule has 2 fully saturated rings. The first-order chi connectivity index (χ1) is 22.3. The van der Waals surface area contributed by atoms with Gasteiger partial charge < -0.3 is 29.5 Å². The molecule has 2 N–H and O–H groups in total. The summed E-state index contributed by atoms with van der Waals surface area (Å²) in [4.78, 5) is 28.2. The van der Waals surface area contributed by atoms with E-state index >= 15 is 0 Å². The Labute approximate surface area is 354 Å². The fourth-order valence-electron chi connectivity index (χ4n) is 6.51. The number of carbonyl (C=O) groups excluding carboxylic acids is 2. The molecule has 0 bridgehead atoms. The van der Waals surface area contributed by atoms with Crippen molar-refractivity contribution < 1.29 is 117 Å². The number of rotatable bonds is 10. The SMILES string of the molecule is CCC(c1ccc(OC)cc1)N1C(=O)C(O)C1c1ccccc1.CCC(c1ccc(OC)cc1)N1C(=O)C(O)C1c1ccccc1.[Ac].[Ac]. The van der Waals surface area contributed by atoms with E-state index in [4.69, 9.17) is 9.47 Å². The molecule has 0 spiro atoms. The summed E-state index contributed by atoms with van der Waals surface area (Å²) in [5.41, 5.74) is 4.03. The summed E-state index contributed by atoms with van der Waals surface area (Å²) in [5, 5.41) is 20.3. The molecule has 4 aromatic carbocycles. The topological polar surface area (TPSA) is 99.5 Å². The normalized spacial score (nSPS) is 20.8. The molecule has 10 heteroatoms. The summed E-state index contributed by atoms with van der Waals surface area (Å²) in [6.07, 6.45) is -0.336. The van der Waals surface area contributed by atoms with Gasteiger partial charge in [0.2, 0.25) is 0 Å². The number of methoxy groups -OCH3 is 2. The minimum Gasteiger partial charge on any atom is -0.497 e. The second-order valence-electron chi connectivity index (χ2n) is 11.5. The maximum Gasteiger partial charge on any atom is 0.255 e. The predicted octanol–water partition coefficient (Wildman–Crippen LogP) is 6.18. The second kappa shape index (κ2) is 19.0. The number of benzene rings is 4. The number of amides is 2. The van der Waals surface area contributed by atoms with Crippen molar-refractivity contribution in [3.05, 3.63) is 131 Å². The van der Waals surface area contributed by atoms with Crippen LogP contribution in [-0.2, 0) is 9.59 Å². The summed E-state index contributed by atoms with van der Waals surface area (Å²) in [5.74, 6) is 1.17. The van der Waals surface area contributed by atoms with Gasteiger partial charge in [0.25, 0.3) is 11.8 Å². The molecule has 2 heterocycles. The summed E-state index contributed by atoms with van der Waals surface area (Å²) < 4.78 is 10.4. The van der Waals surface area contributed by atoms with Crippen LogP contribution in [0, 0.1) is 88.1 Å². The van der Waals surface area contributed by atoms with Crippen molar-refractivity contribution in [1.29, 1.82) is 0 Å². The van der Waals surface area contributed by atoms with Gasteiger partial charge in [-0.15, -0.1) is 0 Å². The van der Waals surface area contributed by atoms with Crippen LogP contribution in [0.3, 0.4) is 0 Å². The van der Waals surface area contributed by atoms with Crippen LogP contribution >= 0.6 is 0 Å². The molecule has 0 saturated carbocycles. The van der Waals surface area contributed by atoms with Crippen LogP contribution in [0.4, 0.5) is 0 Å². The standard InChI is InChI=1S/2C19H21NO3.2Ac/c2*1-3-16(13-9-11-15(23-2)12-10-13)20-17(18(21)19(20)22)14-7-5-4-6-8-14;;/h2*4-12,16-18,21H,3H2,1-2H3;;. The van der Waals surface area contributed by atoms with Crippen LogP contribution in [0.15, 0.2) is 109 Å². The molecule has 2 radical (unpaired) electrons. The van der Waals surface area contributed by atoms with Gasteiger partial charge in [0.1, 0.15) is 11.5 Å². The van der Waals surface area contributed by atoms with E-state index in [2.05, 4.69) is 13.8 Å². The largest absolute Gasteiger partial charge is 0.497 e. The number of hydrogen-bond acceptors (Lipinski definition) is 6. The number of likely N-dealkylation sites (tertiary alicyclic amines) is 2. The number of β-lactam (4-membered cyclic amide) rings is 2. The molecular weight excluding hydrogens is 1030 g/mol. The van der Waals surface area contributed by atoms with Crippen LogP contribution < -0.4 is 9.47 Å². The Morgan fingerprint density at radius 1 is 0.562 bits per heavy atom. The Balaban J connectivity index is 0.000000250. The molecule has 6 atom stereocenters. The summed E-state index contributed by atoms with van der Waals surface area (Å²) >= 11 is 0. The van der Waals surface area contributed by atoms with Gasteiger partial charge in [0.05, 0.1) is 38.4 Å². The maximum absolute atomic E-state index is 12.3. The molecule has 246 valence electrons. The van der Waals surface area contributed by atoms with Crippen molar-refractivity contribution in [1.82, 2.24) is 9.80 Å². The molecule has 4 aromatic rings.